The number of rotatable bonds is 4. The number of hydrogen-bond donors (Lipinski definition) is 0. The lowest BCUT2D eigenvalue weighted by molar-refractivity contribution is -0.143. The van der Waals surface area contributed by atoms with E-state index in [1.54, 1.807) is 24.3 Å². The molecule has 1 aliphatic rings. The predicted molar refractivity (Wildman–Crippen MR) is 73.7 cm³/mol. The molecule has 4 amide bonds. The summed E-state index contributed by atoms with van der Waals surface area (Å²) in [6.07, 6.45) is 0. The van der Waals surface area contributed by atoms with Gasteiger partial charge in [0.2, 0.25) is 0 Å². The van der Waals surface area contributed by atoms with Gasteiger partial charge in [-0.3, -0.25) is 19.4 Å². The second-order valence-electron chi connectivity index (χ2n) is 5.25. The van der Waals surface area contributed by atoms with Crippen LogP contribution in [0.3, 0.4) is 0 Å². The number of amides is 4. The summed E-state index contributed by atoms with van der Waals surface area (Å²) in [5, 5.41) is 9.03. The average Bonchev–Trinajstić information content (AvgIpc) is 2.65. The summed E-state index contributed by atoms with van der Waals surface area (Å²) in [6.45, 7) is 3.86. The van der Waals surface area contributed by atoms with E-state index in [1.165, 1.54) is 0 Å². The Morgan fingerprint density at radius 3 is 2.33 bits per heavy atom. The van der Waals surface area contributed by atoms with Gasteiger partial charge in [0.1, 0.15) is 0 Å². The lowest BCUT2D eigenvalue weighted by Gasteiger charge is -2.17. The van der Waals surface area contributed by atoms with Crippen LogP contribution in [-0.2, 0) is 16.1 Å². The van der Waals surface area contributed by atoms with Crippen LogP contribution in [0, 0.1) is 17.2 Å². The molecule has 0 unspecified atom stereocenters. The smallest absolute Gasteiger partial charge is 0.263 e. The van der Waals surface area contributed by atoms with Crippen molar-refractivity contribution < 1.29 is 14.4 Å². The van der Waals surface area contributed by atoms with E-state index in [-0.39, 0.29) is 19.0 Å². The fourth-order valence-electron chi connectivity index (χ4n) is 2.15. The highest BCUT2D eigenvalue weighted by molar-refractivity contribution is 6.44. The zero-order chi connectivity index (χ0) is 15.6. The van der Waals surface area contributed by atoms with Gasteiger partial charge < -0.3 is 0 Å². The highest BCUT2D eigenvalue weighted by atomic mass is 16.2. The summed E-state index contributed by atoms with van der Waals surface area (Å²) in [5.74, 6) is -1.56. The van der Waals surface area contributed by atoms with Crippen molar-refractivity contribution in [3.8, 4) is 6.07 Å². The molecule has 0 aliphatic carbocycles. The lowest BCUT2D eigenvalue weighted by Crippen LogP contribution is -2.35. The van der Waals surface area contributed by atoms with Crippen molar-refractivity contribution >= 4 is 17.8 Å². The molecule has 0 bridgehead atoms. The summed E-state index contributed by atoms with van der Waals surface area (Å²) < 4.78 is 0. The minimum atomic E-state index is -0.839. The van der Waals surface area contributed by atoms with E-state index in [1.807, 2.05) is 19.9 Å². The molecule has 1 aliphatic heterocycles. The van der Waals surface area contributed by atoms with Crippen LogP contribution < -0.4 is 0 Å². The third-order valence-corrected chi connectivity index (χ3v) is 3.15. The molecular weight excluding hydrogens is 270 g/mol. The van der Waals surface area contributed by atoms with Gasteiger partial charge in [-0.15, -0.1) is 0 Å². The molecule has 1 fully saturated rings. The van der Waals surface area contributed by atoms with Crippen molar-refractivity contribution in [3.05, 3.63) is 35.4 Å². The van der Waals surface area contributed by atoms with Gasteiger partial charge in [-0.1, -0.05) is 32.0 Å². The Bertz CT molecular complexity index is 646. The molecule has 1 heterocycles. The first kappa shape index (κ1) is 14.7. The Morgan fingerprint density at radius 2 is 1.71 bits per heavy atom. The molecule has 1 saturated heterocycles. The molecule has 0 N–H and O–H groups in total. The summed E-state index contributed by atoms with van der Waals surface area (Å²) in [5.41, 5.74) is 0.925. The molecule has 21 heavy (non-hydrogen) atoms. The van der Waals surface area contributed by atoms with Gasteiger partial charge in [-0.2, -0.15) is 5.26 Å². The Morgan fingerprint density at radius 1 is 1.10 bits per heavy atom. The Kier molecular flexibility index (Phi) is 4.03. The van der Waals surface area contributed by atoms with E-state index >= 15 is 0 Å². The molecule has 0 saturated carbocycles. The van der Waals surface area contributed by atoms with Crippen molar-refractivity contribution in [2.24, 2.45) is 5.92 Å². The predicted octanol–water partition coefficient (Wildman–Crippen LogP) is 1.51. The van der Waals surface area contributed by atoms with E-state index in [0.717, 1.165) is 9.80 Å². The van der Waals surface area contributed by atoms with Gasteiger partial charge in [-0.25, -0.2) is 4.79 Å². The normalized spacial score (nSPS) is 15.0. The molecule has 108 valence electrons. The van der Waals surface area contributed by atoms with Crippen LogP contribution in [0.15, 0.2) is 24.3 Å². The number of carbonyl (C=O) groups excluding carboxylic acids is 3. The number of nitriles is 1. The fraction of sp³-hybridized carbons (Fsp3) is 0.333. The first-order valence-corrected chi connectivity index (χ1v) is 6.61. The van der Waals surface area contributed by atoms with Gasteiger partial charge in [0, 0.05) is 6.54 Å². The summed E-state index contributed by atoms with van der Waals surface area (Å²) in [4.78, 5) is 37.8. The summed E-state index contributed by atoms with van der Waals surface area (Å²) in [6, 6.07) is 8.07. The highest BCUT2D eigenvalue weighted by Crippen LogP contribution is 2.19. The van der Waals surface area contributed by atoms with Crippen LogP contribution in [-0.4, -0.2) is 34.2 Å². The maximum absolute atomic E-state index is 12.2. The van der Waals surface area contributed by atoms with Crippen LogP contribution in [0.25, 0.3) is 0 Å². The molecule has 6 heteroatoms. The lowest BCUT2D eigenvalue weighted by atomic mass is 10.1. The standard InChI is InChI=1S/C15H15N3O3/c1-10(2)8-17-13(19)14(20)18(15(17)21)9-12-6-4-3-5-11(12)7-16/h3-6,10H,8-9H2,1-2H3. The zero-order valence-electron chi connectivity index (χ0n) is 11.9. The third kappa shape index (κ3) is 2.77. The van der Waals surface area contributed by atoms with Gasteiger partial charge >= 0.3 is 17.8 Å². The second kappa shape index (κ2) is 5.75. The maximum Gasteiger partial charge on any atom is 0.334 e. The minimum absolute atomic E-state index is 0.0677. The van der Waals surface area contributed by atoms with E-state index in [2.05, 4.69) is 0 Å². The monoisotopic (exact) mass is 285 g/mol. The van der Waals surface area contributed by atoms with Gasteiger partial charge in [0.15, 0.2) is 0 Å². The molecule has 0 spiro atoms. The number of benzene rings is 1. The van der Waals surface area contributed by atoms with Crippen LogP contribution >= 0.6 is 0 Å². The molecule has 6 nitrogen and oxygen atoms in total. The Balaban J connectivity index is 2.25. The molecular formula is C15H15N3O3. The number of carbonyl (C=O) groups is 3. The summed E-state index contributed by atoms with van der Waals surface area (Å²) in [7, 11) is 0. The average molecular weight is 285 g/mol. The number of nitrogens with zero attached hydrogens (tertiary/aromatic N) is 3. The topological polar surface area (TPSA) is 81.5 Å². The first-order valence-electron chi connectivity index (χ1n) is 6.61. The molecule has 1 aromatic rings. The largest absolute Gasteiger partial charge is 0.334 e. The van der Waals surface area contributed by atoms with E-state index < -0.39 is 17.8 Å². The second-order valence-corrected chi connectivity index (χ2v) is 5.25. The van der Waals surface area contributed by atoms with Crippen molar-refractivity contribution in [3.63, 3.8) is 0 Å². The van der Waals surface area contributed by atoms with Crippen LogP contribution in [0.2, 0.25) is 0 Å². The molecule has 1 aromatic carbocycles. The van der Waals surface area contributed by atoms with Crippen molar-refractivity contribution in [1.82, 2.24) is 9.80 Å². The molecule has 0 atom stereocenters. The van der Waals surface area contributed by atoms with Crippen molar-refractivity contribution in [1.29, 1.82) is 5.26 Å². The van der Waals surface area contributed by atoms with Crippen molar-refractivity contribution in [2.45, 2.75) is 20.4 Å². The number of urea groups is 1. The minimum Gasteiger partial charge on any atom is -0.263 e. The van der Waals surface area contributed by atoms with Crippen molar-refractivity contribution in [2.75, 3.05) is 6.54 Å². The van der Waals surface area contributed by atoms with E-state index in [4.69, 9.17) is 5.26 Å². The van der Waals surface area contributed by atoms with Crippen LogP contribution in [0.5, 0.6) is 0 Å². The highest BCUT2D eigenvalue weighted by Gasteiger charge is 2.44. The maximum atomic E-state index is 12.2. The molecule has 0 radical (unpaired) electrons. The van der Waals surface area contributed by atoms with Crippen LogP contribution in [0.4, 0.5) is 4.79 Å². The molecule has 2 rings (SSSR count). The van der Waals surface area contributed by atoms with E-state index in [0.29, 0.717) is 11.1 Å². The first-order chi connectivity index (χ1) is 9.95. The Labute approximate surface area is 122 Å². The van der Waals surface area contributed by atoms with Gasteiger partial charge in [0.05, 0.1) is 18.2 Å². The molecule has 0 aromatic heterocycles. The fourth-order valence-corrected chi connectivity index (χ4v) is 2.15. The van der Waals surface area contributed by atoms with Crippen LogP contribution in [0.1, 0.15) is 25.0 Å². The summed E-state index contributed by atoms with van der Waals surface area (Å²) >= 11 is 0. The Hall–Kier alpha value is -2.68. The number of hydrogen-bond acceptors (Lipinski definition) is 4. The van der Waals surface area contributed by atoms with E-state index in [9.17, 15) is 14.4 Å². The third-order valence-electron chi connectivity index (χ3n) is 3.15. The van der Waals surface area contributed by atoms with Gasteiger partial charge in [0.25, 0.3) is 0 Å². The van der Waals surface area contributed by atoms with Gasteiger partial charge in [-0.05, 0) is 17.5 Å². The number of imide groups is 2. The quantitative estimate of drug-likeness (QED) is 0.620. The SMILES string of the molecule is CC(C)CN1C(=O)C(=O)N(Cc2ccccc2C#N)C1=O. The zero-order valence-corrected chi connectivity index (χ0v) is 11.9.